The maximum Gasteiger partial charge on any atom is 0.329 e. The van der Waals surface area contributed by atoms with Gasteiger partial charge in [-0.1, -0.05) is 17.7 Å². The van der Waals surface area contributed by atoms with Gasteiger partial charge in [0.15, 0.2) is 0 Å². The number of amides is 1. The number of carbonyl (C=O) groups is 1. The van der Waals surface area contributed by atoms with E-state index in [2.05, 4.69) is 15.2 Å². The fraction of sp³-hybridized carbons (Fsp3) is 0.409. The van der Waals surface area contributed by atoms with Crippen molar-refractivity contribution in [3.8, 4) is 0 Å². The fourth-order valence-corrected chi connectivity index (χ4v) is 5.25. The number of hydrogen-bond acceptors (Lipinski definition) is 5. The average molecular weight is 427 g/mol. The number of benzene rings is 1. The van der Waals surface area contributed by atoms with Gasteiger partial charge in [0.25, 0.3) is 11.5 Å². The quantitative estimate of drug-likeness (QED) is 0.673. The van der Waals surface area contributed by atoms with E-state index in [-0.39, 0.29) is 17.5 Å². The molecule has 1 aromatic carbocycles. The molecule has 4 rings (SSSR count). The van der Waals surface area contributed by atoms with Gasteiger partial charge in [0.05, 0.1) is 10.3 Å². The van der Waals surface area contributed by atoms with Crippen LogP contribution in [0.5, 0.6) is 0 Å². The summed E-state index contributed by atoms with van der Waals surface area (Å²) in [6.07, 6.45) is 1.52. The Morgan fingerprint density at radius 3 is 2.53 bits per heavy atom. The second-order valence-corrected chi connectivity index (χ2v) is 9.19. The number of aromatic amines is 1. The van der Waals surface area contributed by atoms with Crippen LogP contribution in [0.3, 0.4) is 0 Å². The number of piperidine rings is 1. The molecule has 2 aromatic heterocycles. The Balaban J connectivity index is 1.73. The lowest BCUT2D eigenvalue weighted by Crippen LogP contribution is -2.42. The maximum atomic E-state index is 13.2. The van der Waals surface area contributed by atoms with Gasteiger partial charge >= 0.3 is 5.69 Å². The number of nitrogens with zero attached hydrogens (tertiary/aromatic N) is 2. The smallest absolute Gasteiger partial charge is 0.321 e. The van der Waals surface area contributed by atoms with Crippen LogP contribution in [0.15, 0.2) is 27.8 Å². The number of aromatic nitrogens is 2. The number of rotatable bonds is 3. The number of fused-ring (bicyclic) bond motifs is 1. The first-order chi connectivity index (χ1) is 14.3. The van der Waals surface area contributed by atoms with E-state index in [1.165, 1.54) is 4.57 Å². The minimum absolute atomic E-state index is 0.117. The van der Waals surface area contributed by atoms with E-state index in [0.717, 1.165) is 54.1 Å². The Kier molecular flexibility index (Phi) is 5.38. The summed E-state index contributed by atoms with van der Waals surface area (Å²) in [5.74, 6) is -0.272. The van der Waals surface area contributed by atoms with Gasteiger partial charge < -0.3 is 10.2 Å². The van der Waals surface area contributed by atoms with E-state index in [9.17, 15) is 14.4 Å². The van der Waals surface area contributed by atoms with Crippen molar-refractivity contribution in [2.24, 2.45) is 0 Å². The summed E-state index contributed by atoms with van der Waals surface area (Å²) in [6.45, 7) is 7.41. The summed E-state index contributed by atoms with van der Waals surface area (Å²) in [5.41, 5.74) is 2.74. The molecule has 1 aliphatic rings. The largest absolute Gasteiger partial charge is 0.329 e. The third-order valence-electron chi connectivity index (χ3n) is 5.91. The molecule has 0 aliphatic carbocycles. The van der Waals surface area contributed by atoms with Crippen LogP contribution in [-0.4, -0.2) is 40.5 Å². The van der Waals surface area contributed by atoms with E-state index in [1.54, 1.807) is 6.92 Å². The molecular weight excluding hydrogens is 400 g/mol. The SMILES string of the molecule is Cc1ccc(NC(=O)c2sc3[nH]c(=O)n(C4CCN(C)CC4)c(=O)c3c2C)c(C)c1. The molecule has 0 radical (unpaired) electrons. The van der Waals surface area contributed by atoms with Crippen molar-refractivity contribution in [1.82, 2.24) is 14.5 Å². The van der Waals surface area contributed by atoms with E-state index in [0.29, 0.717) is 20.7 Å². The van der Waals surface area contributed by atoms with Gasteiger partial charge in [0, 0.05) is 11.7 Å². The monoisotopic (exact) mass is 426 g/mol. The molecule has 0 unspecified atom stereocenters. The molecule has 8 heteroatoms. The van der Waals surface area contributed by atoms with Crippen molar-refractivity contribution in [3.05, 3.63) is 60.6 Å². The Morgan fingerprint density at radius 1 is 1.17 bits per heavy atom. The summed E-state index contributed by atoms with van der Waals surface area (Å²) in [4.78, 5) is 44.8. The maximum absolute atomic E-state index is 13.2. The van der Waals surface area contributed by atoms with Crippen LogP contribution in [0.2, 0.25) is 0 Å². The number of H-pyrrole nitrogens is 1. The van der Waals surface area contributed by atoms with Gasteiger partial charge in [-0.05, 0) is 70.9 Å². The van der Waals surface area contributed by atoms with Crippen molar-refractivity contribution >= 4 is 33.1 Å². The molecule has 158 valence electrons. The molecular formula is C22H26N4O3S. The van der Waals surface area contributed by atoms with Crippen LogP contribution in [0.25, 0.3) is 10.2 Å². The van der Waals surface area contributed by atoms with E-state index >= 15 is 0 Å². The van der Waals surface area contributed by atoms with Gasteiger partial charge in [0.2, 0.25) is 0 Å². The summed E-state index contributed by atoms with van der Waals surface area (Å²) in [5, 5.41) is 3.37. The fourth-order valence-electron chi connectivity index (χ4n) is 4.16. The van der Waals surface area contributed by atoms with Crippen molar-refractivity contribution in [3.63, 3.8) is 0 Å². The number of anilines is 1. The average Bonchev–Trinajstić information content (AvgIpc) is 3.02. The van der Waals surface area contributed by atoms with Gasteiger partial charge in [-0.3, -0.25) is 19.1 Å². The standard InChI is InChI=1S/C22H26N4O3S/c1-12-5-6-16(13(2)11-12)23-19(27)18-14(3)17-20(30-18)24-22(29)26(21(17)28)15-7-9-25(4)10-8-15/h5-6,11,15H,7-10H2,1-4H3,(H,23,27)(H,24,29). The molecule has 0 spiro atoms. The molecule has 7 nitrogen and oxygen atoms in total. The van der Waals surface area contributed by atoms with Crippen molar-refractivity contribution in [2.75, 3.05) is 25.5 Å². The van der Waals surface area contributed by atoms with Gasteiger partial charge in [-0.25, -0.2) is 4.79 Å². The first kappa shape index (κ1) is 20.6. The zero-order valence-corrected chi connectivity index (χ0v) is 18.5. The Bertz CT molecular complexity index is 1250. The zero-order chi connectivity index (χ0) is 21.6. The second kappa shape index (κ2) is 7.85. The highest BCUT2D eigenvalue weighted by Crippen LogP contribution is 2.29. The zero-order valence-electron chi connectivity index (χ0n) is 17.7. The molecule has 2 N–H and O–H groups in total. The molecule has 1 saturated heterocycles. The molecule has 3 aromatic rings. The van der Waals surface area contributed by atoms with Crippen LogP contribution in [0, 0.1) is 20.8 Å². The van der Waals surface area contributed by atoms with Crippen LogP contribution in [0.4, 0.5) is 5.69 Å². The number of likely N-dealkylation sites (tertiary alicyclic amines) is 1. The van der Waals surface area contributed by atoms with Crippen LogP contribution in [0.1, 0.15) is 45.2 Å². The van der Waals surface area contributed by atoms with Gasteiger partial charge in [-0.2, -0.15) is 0 Å². The van der Waals surface area contributed by atoms with Crippen molar-refractivity contribution < 1.29 is 4.79 Å². The number of hydrogen-bond donors (Lipinski definition) is 2. The van der Waals surface area contributed by atoms with Crippen LogP contribution >= 0.6 is 11.3 Å². The van der Waals surface area contributed by atoms with Crippen LogP contribution in [-0.2, 0) is 0 Å². The number of thiophene rings is 1. The number of carbonyl (C=O) groups excluding carboxylic acids is 1. The summed E-state index contributed by atoms with van der Waals surface area (Å²) in [7, 11) is 2.04. The minimum Gasteiger partial charge on any atom is -0.321 e. The lowest BCUT2D eigenvalue weighted by atomic mass is 10.1. The molecule has 1 amide bonds. The third kappa shape index (κ3) is 3.61. The van der Waals surface area contributed by atoms with Crippen molar-refractivity contribution in [1.29, 1.82) is 0 Å². The first-order valence-electron chi connectivity index (χ1n) is 10.1. The predicted molar refractivity (Wildman–Crippen MR) is 121 cm³/mol. The summed E-state index contributed by atoms with van der Waals surface area (Å²) >= 11 is 1.16. The molecule has 0 atom stereocenters. The highest BCUT2D eigenvalue weighted by molar-refractivity contribution is 7.20. The lowest BCUT2D eigenvalue weighted by molar-refractivity contribution is 0.103. The summed E-state index contributed by atoms with van der Waals surface area (Å²) in [6, 6.07) is 5.71. The number of nitrogens with one attached hydrogen (secondary N) is 2. The van der Waals surface area contributed by atoms with Gasteiger partial charge in [0.1, 0.15) is 4.83 Å². The van der Waals surface area contributed by atoms with E-state index < -0.39 is 5.69 Å². The van der Waals surface area contributed by atoms with E-state index in [4.69, 9.17) is 0 Å². The Morgan fingerprint density at radius 2 is 1.87 bits per heavy atom. The Hall–Kier alpha value is -2.71. The second-order valence-electron chi connectivity index (χ2n) is 8.17. The molecule has 1 fully saturated rings. The molecule has 1 aliphatic heterocycles. The van der Waals surface area contributed by atoms with Gasteiger partial charge in [-0.15, -0.1) is 11.3 Å². The topological polar surface area (TPSA) is 87.2 Å². The molecule has 0 saturated carbocycles. The minimum atomic E-state index is -0.398. The lowest BCUT2D eigenvalue weighted by Gasteiger charge is -2.29. The molecule has 3 heterocycles. The first-order valence-corrected chi connectivity index (χ1v) is 10.9. The highest BCUT2D eigenvalue weighted by atomic mass is 32.1. The number of aryl methyl sites for hydroxylation is 3. The summed E-state index contributed by atoms with van der Waals surface area (Å²) < 4.78 is 1.35. The Labute approximate surface area is 178 Å². The predicted octanol–water partition coefficient (Wildman–Crippen LogP) is 3.20. The molecule has 0 bridgehead atoms. The highest BCUT2D eigenvalue weighted by Gasteiger charge is 2.25. The third-order valence-corrected chi connectivity index (χ3v) is 7.11. The van der Waals surface area contributed by atoms with Crippen molar-refractivity contribution in [2.45, 2.75) is 39.7 Å². The molecule has 30 heavy (non-hydrogen) atoms. The normalized spacial score (nSPS) is 15.6. The van der Waals surface area contributed by atoms with E-state index in [1.807, 2.05) is 39.1 Å². The van der Waals surface area contributed by atoms with Crippen LogP contribution < -0.4 is 16.6 Å².